The van der Waals surface area contributed by atoms with Crippen molar-refractivity contribution in [2.45, 2.75) is 11.4 Å². The summed E-state index contributed by atoms with van der Waals surface area (Å²) in [4.78, 5) is 0.192. The lowest BCUT2D eigenvalue weighted by molar-refractivity contribution is 0.581. The zero-order valence-electron chi connectivity index (χ0n) is 10.1. The second-order valence-corrected chi connectivity index (χ2v) is 7.54. The Morgan fingerprint density at radius 2 is 1.85 bits per heavy atom. The van der Waals surface area contributed by atoms with Crippen LogP contribution in [0, 0.1) is 0 Å². The maximum absolute atomic E-state index is 12.1. The first-order valence-electron chi connectivity index (χ1n) is 5.58. The van der Waals surface area contributed by atoms with E-state index in [1.165, 1.54) is 12.1 Å². The van der Waals surface area contributed by atoms with Gasteiger partial charge >= 0.3 is 0 Å². The van der Waals surface area contributed by atoms with Gasteiger partial charge in [0.25, 0.3) is 0 Å². The maximum Gasteiger partial charge on any atom is 0.240 e. The van der Waals surface area contributed by atoms with Crippen LogP contribution in [-0.2, 0) is 16.6 Å². The van der Waals surface area contributed by atoms with E-state index >= 15 is 0 Å². The van der Waals surface area contributed by atoms with Crippen LogP contribution in [0.4, 0.5) is 0 Å². The van der Waals surface area contributed by atoms with Gasteiger partial charge in [0.1, 0.15) is 0 Å². The van der Waals surface area contributed by atoms with Crippen LogP contribution in [0.3, 0.4) is 0 Å². The highest BCUT2D eigenvalue weighted by atomic mass is 79.9. The molecule has 1 N–H and O–H groups in total. The molecule has 106 valence electrons. The summed E-state index contributed by atoms with van der Waals surface area (Å²) >= 11 is 15.0. The molecular formula is C13H10BrCl2NO2S. The number of halogens is 3. The van der Waals surface area contributed by atoms with Gasteiger partial charge in [-0.3, -0.25) is 0 Å². The number of hydrogen-bond acceptors (Lipinski definition) is 2. The minimum atomic E-state index is -3.58. The molecular weight excluding hydrogens is 385 g/mol. The van der Waals surface area contributed by atoms with Crippen LogP contribution < -0.4 is 4.72 Å². The molecule has 0 unspecified atom stereocenters. The van der Waals surface area contributed by atoms with Gasteiger partial charge in [-0.05, 0) is 35.9 Å². The van der Waals surface area contributed by atoms with E-state index in [1.807, 2.05) is 0 Å². The number of hydrogen-bond donors (Lipinski definition) is 1. The Morgan fingerprint density at radius 3 is 2.50 bits per heavy atom. The lowest BCUT2D eigenvalue weighted by Crippen LogP contribution is -2.23. The molecule has 0 aliphatic heterocycles. The maximum atomic E-state index is 12.1. The monoisotopic (exact) mass is 393 g/mol. The van der Waals surface area contributed by atoms with Crippen LogP contribution in [-0.4, -0.2) is 8.42 Å². The minimum Gasteiger partial charge on any atom is -0.207 e. The van der Waals surface area contributed by atoms with Crippen molar-refractivity contribution in [3.8, 4) is 0 Å². The third-order valence-electron chi connectivity index (χ3n) is 2.57. The summed E-state index contributed by atoms with van der Waals surface area (Å²) in [6, 6.07) is 11.4. The van der Waals surface area contributed by atoms with Gasteiger partial charge in [-0.15, -0.1) is 0 Å². The van der Waals surface area contributed by atoms with Crippen molar-refractivity contribution < 1.29 is 8.42 Å². The number of sulfonamides is 1. The van der Waals surface area contributed by atoms with Gasteiger partial charge in [0, 0.05) is 21.1 Å². The summed E-state index contributed by atoms with van der Waals surface area (Å²) in [5.74, 6) is 0. The molecule has 2 aromatic rings. The van der Waals surface area contributed by atoms with Crippen molar-refractivity contribution in [3.05, 3.63) is 62.5 Å². The molecule has 0 fully saturated rings. The first-order chi connectivity index (χ1) is 9.38. The third-order valence-corrected chi connectivity index (χ3v) is 5.05. The summed E-state index contributed by atoms with van der Waals surface area (Å²) in [7, 11) is -3.58. The summed E-state index contributed by atoms with van der Waals surface area (Å²) in [5.41, 5.74) is 0.662. The van der Waals surface area contributed by atoms with Crippen molar-refractivity contribution in [1.29, 1.82) is 0 Å². The number of benzene rings is 2. The highest BCUT2D eigenvalue weighted by molar-refractivity contribution is 9.10. The quantitative estimate of drug-likeness (QED) is 0.843. The van der Waals surface area contributed by atoms with Gasteiger partial charge in [-0.2, -0.15) is 0 Å². The standard InChI is InChI=1S/C13H10BrCl2NO2S/c14-10-2-1-3-12(6-10)20(18,19)17-8-9-4-5-11(15)7-13(9)16/h1-7,17H,8H2. The van der Waals surface area contributed by atoms with E-state index in [-0.39, 0.29) is 11.4 Å². The highest BCUT2D eigenvalue weighted by Crippen LogP contribution is 2.22. The molecule has 7 heteroatoms. The Morgan fingerprint density at radius 1 is 1.10 bits per heavy atom. The predicted molar refractivity (Wildman–Crippen MR) is 84.6 cm³/mol. The molecule has 0 radical (unpaired) electrons. The summed E-state index contributed by atoms with van der Waals surface area (Å²) in [6.45, 7) is 0.102. The molecule has 0 saturated heterocycles. The summed E-state index contributed by atoms with van der Waals surface area (Å²) in [5, 5.41) is 0.933. The molecule has 0 atom stereocenters. The van der Waals surface area contributed by atoms with Crippen LogP contribution in [0.2, 0.25) is 10.0 Å². The van der Waals surface area contributed by atoms with E-state index in [0.717, 1.165) is 0 Å². The first-order valence-corrected chi connectivity index (χ1v) is 8.61. The molecule has 2 aromatic carbocycles. The van der Waals surface area contributed by atoms with E-state index in [4.69, 9.17) is 23.2 Å². The molecule has 3 nitrogen and oxygen atoms in total. The second-order valence-electron chi connectivity index (χ2n) is 4.02. The summed E-state index contributed by atoms with van der Waals surface area (Å²) in [6.07, 6.45) is 0. The molecule has 0 aliphatic carbocycles. The van der Waals surface area contributed by atoms with Crippen LogP contribution in [0.15, 0.2) is 51.8 Å². The lowest BCUT2D eigenvalue weighted by atomic mass is 10.2. The topological polar surface area (TPSA) is 46.2 Å². The van der Waals surface area contributed by atoms with Gasteiger partial charge in [0.2, 0.25) is 10.0 Å². The van der Waals surface area contributed by atoms with E-state index < -0.39 is 10.0 Å². The second kappa shape index (κ2) is 6.45. The van der Waals surface area contributed by atoms with Crippen LogP contribution in [0.5, 0.6) is 0 Å². The smallest absolute Gasteiger partial charge is 0.207 e. The fourth-order valence-corrected chi connectivity index (χ4v) is 3.63. The molecule has 0 aliphatic rings. The first kappa shape index (κ1) is 15.8. The van der Waals surface area contributed by atoms with Crippen molar-refractivity contribution in [1.82, 2.24) is 4.72 Å². The highest BCUT2D eigenvalue weighted by Gasteiger charge is 2.14. The molecule has 0 bridgehead atoms. The molecule has 2 rings (SSSR count). The third kappa shape index (κ3) is 3.96. The Balaban J connectivity index is 2.17. The Labute approximate surface area is 136 Å². The molecule has 0 heterocycles. The SMILES string of the molecule is O=S(=O)(NCc1ccc(Cl)cc1Cl)c1cccc(Br)c1. The zero-order chi connectivity index (χ0) is 14.8. The van der Waals surface area contributed by atoms with Gasteiger partial charge in [-0.1, -0.05) is 51.3 Å². The normalized spacial score (nSPS) is 11.6. The molecule has 20 heavy (non-hydrogen) atoms. The largest absolute Gasteiger partial charge is 0.240 e. The Bertz CT molecular complexity index is 735. The van der Waals surface area contributed by atoms with E-state index in [9.17, 15) is 8.42 Å². The van der Waals surface area contributed by atoms with E-state index in [1.54, 1.807) is 30.3 Å². The van der Waals surface area contributed by atoms with Crippen molar-refractivity contribution in [2.75, 3.05) is 0 Å². The van der Waals surface area contributed by atoms with E-state index in [0.29, 0.717) is 20.1 Å². The van der Waals surface area contributed by atoms with Crippen molar-refractivity contribution in [2.24, 2.45) is 0 Å². The van der Waals surface area contributed by atoms with Crippen molar-refractivity contribution >= 4 is 49.2 Å². The minimum absolute atomic E-state index is 0.102. The Hall–Kier alpha value is -0.590. The average molecular weight is 395 g/mol. The molecule has 0 spiro atoms. The van der Waals surface area contributed by atoms with Gasteiger partial charge in [-0.25, -0.2) is 13.1 Å². The van der Waals surface area contributed by atoms with Crippen LogP contribution in [0.1, 0.15) is 5.56 Å². The van der Waals surface area contributed by atoms with Gasteiger partial charge in [0.05, 0.1) is 4.90 Å². The van der Waals surface area contributed by atoms with E-state index in [2.05, 4.69) is 20.7 Å². The molecule has 0 amide bonds. The molecule has 0 saturated carbocycles. The number of rotatable bonds is 4. The lowest BCUT2D eigenvalue weighted by Gasteiger charge is -2.08. The van der Waals surface area contributed by atoms with Crippen LogP contribution in [0.25, 0.3) is 0 Å². The molecule has 0 aromatic heterocycles. The number of nitrogens with one attached hydrogen (secondary N) is 1. The average Bonchev–Trinajstić information content (AvgIpc) is 2.37. The summed E-state index contributed by atoms with van der Waals surface area (Å²) < 4.78 is 27.5. The van der Waals surface area contributed by atoms with Crippen molar-refractivity contribution in [3.63, 3.8) is 0 Å². The van der Waals surface area contributed by atoms with Gasteiger partial charge in [0.15, 0.2) is 0 Å². The fraction of sp³-hybridized carbons (Fsp3) is 0.0769. The predicted octanol–water partition coefficient (Wildman–Crippen LogP) is 4.23. The fourth-order valence-electron chi connectivity index (χ4n) is 1.56. The zero-order valence-corrected chi connectivity index (χ0v) is 14.0. The Kier molecular flexibility index (Phi) is 5.09. The van der Waals surface area contributed by atoms with Crippen LogP contribution >= 0.6 is 39.1 Å². The van der Waals surface area contributed by atoms with Gasteiger partial charge < -0.3 is 0 Å².